The van der Waals surface area contributed by atoms with Gasteiger partial charge in [-0.15, -0.1) is 0 Å². The maximum atomic E-state index is 12.8. The summed E-state index contributed by atoms with van der Waals surface area (Å²) in [5.74, 6) is -1.85. The van der Waals surface area contributed by atoms with E-state index in [9.17, 15) is 22.8 Å². The predicted octanol–water partition coefficient (Wildman–Crippen LogP) is 1.76. The third-order valence-electron chi connectivity index (χ3n) is 2.50. The van der Waals surface area contributed by atoms with E-state index in [4.69, 9.17) is 4.74 Å². The fourth-order valence-corrected chi connectivity index (χ4v) is 1.42. The highest BCUT2D eigenvalue weighted by Gasteiger charge is 2.34. The van der Waals surface area contributed by atoms with Crippen LogP contribution in [0.4, 0.5) is 13.2 Å². The Morgan fingerprint density at radius 1 is 1.29 bits per heavy atom. The maximum Gasteiger partial charge on any atom is 0.419 e. The number of methoxy groups -OCH3 is 1. The van der Waals surface area contributed by atoms with E-state index in [1.54, 1.807) is 0 Å². The minimum atomic E-state index is -4.58. The van der Waals surface area contributed by atoms with Crippen LogP contribution >= 0.6 is 0 Å². The molecule has 0 aliphatic carbocycles. The van der Waals surface area contributed by atoms with E-state index in [0.29, 0.717) is 0 Å². The average Bonchev–Trinajstić information content (AvgIpc) is 2.43. The number of para-hydroxylation sites is 1. The molecule has 0 aromatic heterocycles. The Balaban J connectivity index is 2.73. The lowest BCUT2D eigenvalue weighted by Gasteiger charge is -2.18. The smallest absolute Gasteiger partial charge is 0.419 e. The van der Waals surface area contributed by atoms with Crippen molar-refractivity contribution in [2.45, 2.75) is 19.2 Å². The molecule has 1 rings (SSSR count). The fraction of sp³-hybridized carbons (Fsp3) is 0.385. The quantitative estimate of drug-likeness (QED) is 0.842. The second kappa shape index (κ2) is 6.96. The Hall–Kier alpha value is -2.25. The summed E-state index contributed by atoms with van der Waals surface area (Å²) in [7, 11) is 1.15. The highest BCUT2D eigenvalue weighted by Crippen LogP contribution is 2.36. The molecule has 0 aliphatic rings. The lowest BCUT2D eigenvalue weighted by Crippen LogP contribution is -2.39. The number of hydrogen-bond acceptors (Lipinski definition) is 4. The molecule has 21 heavy (non-hydrogen) atoms. The largest absolute Gasteiger partial charge is 0.480 e. The van der Waals surface area contributed by atoms with Crippen molar-refractivity contribution in [1.82, 2.24) is 5.32 Å². The third kappa shape index (κ3) is 4.97. The highest BCUT2D eigenvalue weighted by atomic mass is 19.4. The lowest BCUT2D eigenvalue weighted by molar-refractivity contribution is -0.142. The van der Waals surface area contributed by atoms with Gasteiger partial charge in [0.15, 0.2) is 6.10 Å². The molecule has 1 atom stereocenters. The van der Waals surface area contributed by atoms with Gasteiger partial charge in [0.2, 0.25) is 0 Å². The number of halogens is 3. The van der Waals surface area contributed by atoms with Crippen molar-refractivity contribution in [2.75, 3.05) is 13.7 Å². The number of alkyl halides is 3. The summed E-state index contributed by atoms with van der Waals surface area (Å²) in [4.78, 5) is 22.5. The molecule has 0 fully saturated rings. The van der Waals surface area contributed by atoms with Crippen molar-refractivity contribution in [2.24, 2.45) is 0 Å². The Labute approximate surface area is 119 Å². The molecule has 0 radical (unpaired) electrons. The molecule has 5 nitrogen and oxygen atoms in total. The predicted molar refractivity (Wildman–Crippen MR) is 66.6 cm³/mol. The number of ether oxygens (including phenoxy) is 2. The molecule has 1 amide bonds. The number of nitrogens with one attached hydrogen (secondary N) is 1. The van der Waals surface area contributed by atoms with Crippen LogP contribution in [0.15, 0.2) is 24.3 Å². The zero-order valence-electron chi connectivity index (χ0n) is 11.4. The molecule has 0 saturated heterocycles. The van der Waals surface area contributed by atoms with E-state index in [2.05, 4.69) is 10.1 Å². The summed E-state index contributed by atoms with van der Waals surface area (Å²) >= 11 is 0. The minimum absolute atomic E-state index is 0.385. The molecule has 1 unspecified atom stereocenters. The van der Waals surface area contributed by atoms with Crippen LogP contribution in [0.5, 0.6) is 5.75 Å². The first-order valence-electron chi connectivity index (χ1n) is 5.93. The molecular formula is C13H14F3NO4. The SMILES string of the molecule is COC(=O)CNC(=O)C(C)Oc1ccccc1C(F)(F)F. The van der Waals surface area contributed by atoms with E-state index in [-0.39, 0.29) is 6.54 Å². The van der Waals surface area contributed by atoms with E-state index in [1.807, 2.05) is 0 Å². The van der Waals surface area contributed by atoms with Crippen molar-refractivity contribution in [1.29, 1.82) is 0 Å². The van der Waals surface area contributed by atoms with Crippen LogP contribution in [0.2, 0.25) is 0 Å². The highest BCUT2D eigenvalue weighted by molar-refractivity contribution is 5.84. The minimum Gasteiger partial charge on any atom is -0.480 e. The maximum absolute atomic E-state index is 12.8. The summed E-state index contributed by atoms with van der Waals surface area (Å²) in [6, 6.07) is 4.56. The topological polar surface area (TPSA) is 64.6 Å². The van der Waals surface area contributed by atoms with E-state index in [0.717, 1.165) is 19.2 Å². The van der Waals surface area contributed by atoms with Crippen LogP contribution in [0, 0.1) is 0 Å². The van der Waals surface area contributed by atoms with Gasteiger partial charge < -0.3 is 14.8 Å². The number of amides is 1. The number of benzene rings is 1. The van der Waals surface area contributed by atoms with E-state index >= 15 is 0 Å². The molecule has 0 bridgehead atoms. The van der Waals surface area contributed by atoms with Crippen molar-refractivity contribution in [3.05, 3.63) is 29.8 Å². The first kappa shape index (κ1) is 16.8. The molecule has 1 aromatic rings. The van der Waals surface area contributed by atoms with Gasteiger partial charge in [-0.1, -0.05) is 12.1 Å². The number of hydrogen-bond donors (Lipinski definition) is 1. The van der Waals surface area contributed by atoms with Crippen LogP contribution in [-0.2, 0) is 20.5 Å². The van der Waals surface area contributed by atoms with Crippen LogP contribution in [-0.4, -0.2) is 31.6 Å². The van der Waals surface area contributed by atoms with Crippen molar-refractivity contribution in [3.8, 4) is 5.75 Å². The second-order valence-corrected chi connectivity index (χ2v) is 4.05. The second-order valence-electron chi connectivity index (χ2n) is 4.05. The Morgan fingerprint density at radius 3 is 2.48 bits per heavy atom. The summed E-state index contributed by atoms with van der Waals surface area (Å²) in [6.07, 6.45) is -5.78. The number of rotatable bonds is 5. The first-order chi connectivity index (χ1) is 9.75. The summed E-state index contributed by atoms with van der Waals surface area (Å²) in [5, 5.41) is 2.19. The zero-order chi connectivity index (χ0) is 16.0. The molecule has 116 valence electrons. The molecule has 1 aromatic carbocycles. The molecule has 8 heteroatoms. The Kier molecular flexibility index (Phi) is 5.57. The molecule has 0 heterocycles. The Bertz CT molecular complexity index is 516. The van der Waals surface area contributed by atoms with Crippen LogP contribution in [0.1, 0.15) is 12.5 Å². The molecule has 0 spiro atoms. The van der Waals surface area contributed by atoms with Gasteiger partial charge in [-0.05, 0) is 19.1 Å². The molecular weight excluding hydrogens is 291 g/mol. The first-order valence-corrected chi connectivity index (χ1v) is 5.93. The normalized spacial score (nSPS) is 12.4. The monoisotopic (exact) mass is 305 g/mol. The summed E-state index contributed by atoms with van der Waals surface area (Å²) in [6.45, 7) is 0.893. The zero-order valence-corrected chi connectivity index (χ0v) is 11.4. The van der Waals surface area contributed by atoms with E-state index < -0.39 is 35.5 Å². The van der Waals surface area contributed by atoms with Gasteiger partial charge >= 0.3 is 12.1 Å². The van der Waals surface area contributed by atoms with Crippen molar-refractivity contribution in [3.63, 3.8) is 0 Å². The fourth-order valence-electron chi connectivity index (χ4n) is 1.42. The number of carbonyl (C=O) groups excluding carboxylic acids is 2. The summed E-state index contributed by atoms with van der Waals surface area (Å²) in [5.41, 5.74) is -0.974. The standard InChI is InChI=1S/C13H14F3NO4/c1-8(12(19)17-7-11(18)20-2)21-10-6-4-3-5-9(10)13(14,15)16/h3-6,8H,7H2,1-2H3,(H,17,19). The van der Waals surface area contributed by atoms with Gasteiger partial charge in [0.05, 0.1) is 12.7 Å². The summed E-state index contributed by atoms with van der Waals surface area (Å²) < 4.78 is 47.6. The average molecular weight is 305 g/mol. The lowest BCUT2D eigenvalue weighted by atomic mass is 10.2. The van der Waals surface area contributed by atoms with Gasteiger partial charge in [-0.25, -0.2) is 0 Å². The van der Waals surface area contributed by atoms with Crippen molar-refractivity contribution < 1.29 is 32.2 Å². The molecule has 0 saturated carbocycles. The molecule has 0 aliphatic heterocycles. The van der Waals surface area contributed by atoms with Gasteiger partial charge in [0.25, 0.3) is 5.91 Å². The van der Waals surface area contributed by atoms with Crippen molar-refractivity contribution >= 4 is 11.9 Å². The van der Waals surface area contributed by atoms with E-state index in [1.165, 1.54) is 19.1 Å². The number of carbonyl (C=O) groups is 2. The third-order valence-corrected chi connectivity index (χ3v) is 2.50. The van der Waals surface area contributed by atoms with Crippen LogP contribution < -0.4 is 10.1 Å². The van der Waals surface area contributed by atoms with Crippen LogP contribution in [0.25, 0.3) is 0 Å². The van der Waals surface area contributed by atoms with Crippen LogP contribution in [0.3, 0.4) is 0 Å². The number of esters is 1. The van der Waals surface area contributed by atoms with Gasteiger partial charge in [-0.3, -0.25) is 9.59 Å². The molecule has 1 N–H and O–H groups in total. The Morgan fingerprint density at radius 2 is 1.90 bits per heavy atom. The van der Waals surface area contributed by atoms with Gasteiger partial charge in [0.1, 0.15) is 12.3 Å². The van der Waals surface area contributed by atoms with Gasteiger partial charge in [-0.2, -0.15) is 13.2 Å². The van der Waals surface area contributed by atoms with Gasteiger partial charge in [0, 0.05) is 0 Å².